The maximum Gasteiger partial charge on any atom is 0.231 e. The van der Waals surface area contributed by atoms with Crippen LogP contribution >= 0.6 is 0 Å². The highest BCUT2D eigenvalue weighted by Gasteiger charge is 2.14. The second-order valence-electron chi connectivity index (χ2n) is 5.98. The van der Waals surface area contributed by atoms with Gasteiger partial charge in [0.2, 0.25) is 24.4 Å². The van der Waals surface area contributed by atoms with Crippen LogP contribution in [0.15, 0.2) is 47.0 Å². The smallest absolute Gasteiger partial charge is 0.231 e. The van der Waals surface area contributed by atoms with Crippen molar-refractivity contribution >= 4 is 5.91 Å². The Kier molecular flexibility index (Phi) is 4.69. The molecular formula is C19H16FN3O4. The van der Waals surface area contributed by atoms with Crippen LogP contribution in [0, 0.1) is 5.82 Å². The zero-order chi connectivity index (χ0) is 18.6. The monoisotopic (exact) mass is 369 g/mol. The number of benzene rings is 2. The molecule has 0 bridgehead atoms. The first-order valence-corrected chi connectivity index (χ1v) is 8.41. The van der Waals surface area contributed by atoms with Crippen molar-refractivity contribution in [2.45, 2.75) is 19.4 Å². The molecule has 2 aromatic carbocycles. The highest BCUT2D eigenvalue weighted by atomic mass is 19.1. The first-order chi connectivity index (χ1) is 13.2. The first kappa shape index (κ1) is 17.0. The molecule has 0 aliphatic carbocycles. The van der Waals surface area contributed by atoms with Crippen molar-refractivity contribution in [1.29, 1.82) is 0 Å². The second kappa shape index (κ2) is 7.45. The highest BCUT2D eigenvalue weighted by molar-refractivity contribution is 5.76. The summed E-state index contributed by atoms with van der Waals surface area (Å²) >= 11 is 0. The molecule has 0 radical (unpaired) electrons. The van der Waals surface area contributed by atoms with Gasteiger partial charge in [-0.2, -0.15) is 4.98 Å². The number of nitrogens with one attached hydrogen (secondary N) is 1. The molecule has 0 atom stereocenters. The van der Waals surface area contributed by atoms with E-state index in [4.69, 9.17) is 14.0 Å². The maximum atomic E-state index is 13.0. The molecule has 1 N–H and O–H groups in total. The van der Waals surface area contributed by atoms with E-state index in [1.807, 2.05) is 18.2 Å². The predicted molar refractivity (Wildman–Crippen MR) is 92.4 cm³/mol. The maximum absolute atomic E-state index is 13.0. The predicted octanol–water partition coefficient (Wildman–Crippen LogP) is 2.85. The van der Waals surface area contributed by atoms with Crippen LogP contribution in [0.5, 0.6) is 11.5 Å². The van der Waals surface area contributed by atoms with Crippen LogP contribution < -0.4 is 14.8 Å². The summed E-state index contributed by atoms with van der Waals surface area (Å²) in [5.74, 6) is 1.65. The van der Waals surface area contributed by atoms with Crippen molar-refractivity contribution in [2.24, 2.45) is 0 Å². The number of aromatic nitrogens is 2. The molecule has 0 spiro atoms. The number of hydrogen-bond acceptors (Lipinski definition) is 6. The van der Waals surface area contributed by atoms with Gasteiger partial charge in [0.1, 0.15) is 5.82 Å². The van der Waals surface area contributed by atoms with Crippen molar-refractivity contribution in [3.05, 3.63) is 59.7 Å². The summed E-state index contributed by atoms with van der Waals surface area (Å²) < 4.78 is 28.7. The number of fused-ring (bicyclic) bond motifs is 1. The topological polar surface area (TPSA) is 86.5 Å². The summed E-state index contributed by atoms with van der Waals surface area (Å²) in [6, 6.07) is 11.3. The molecule has 1 aliphatic heterocycles. The van der Waals surface area contributed by atoms with Gasteiger partial charge in [0.25, 0.3) is 0 Å². The summed E-state index contributed by atoms with van der Waals surface area (Å²) in [5.41, 5.74) is 1.57. The Morgan fingerprint density at radius 2 is 1.93 bits per heavy atom. The highest BCUT2D eigenvalue weighted by Crippen LogP contribution is 2.32. The van der Waals surface area contributed by atoms with E-state index >= 15 is 0 Å². The lowest BCUT2D eigenvalue weighted by Crippen LogP contribution is -2.23. The van der Waals surface area contributed by atoms with Crippen LogP contribution in [-0.4, -0.2) is 22.8 Å². The number of ether oxygens (including phenoxy) is 2. The number of amides is 1. The average molecular weight is 369 g/mol. The average Bonchev–Trinajstić information content (AvgIpc) is 3.34. The van der Waals surface area contributed by atoms with E-state index in [1.54, 1.807) is 12.1 Å². The number of hydrogen-bond donors (Lipinski definition) is 1. The van der Waals surface area contributed by atoms with Crippen molar-refractivity contribution < 1.29 is 23.2 Å². The number of rotatable bonds is 6. The summed E-state index contributed by atoms with van der Waals surface area (Å²) in [4.78, 5) is 16.3. The third kappa shape index (κ3) is 4.05. The van der Waals surface area contributed by atoms with Gasteiger partial charge in [-0.15, -0.1) is 0 Å². The number of nitrogens with zero attached hydrogens (tertiary/aromatic N) is 2. The minimum absolute atomic E-state index is 0.130. The van der Waals surface area contributed by atoms with Crippen LogP contribution in [0.4, 0.5) is 4.39 Å². The Balaban J connectivity index is 1.27. The lowest BCUT2D eigenvalue weighted by atomic mass is 10.2. The molecule has 4 rings (SSSR count). The molecule has 2 heterocycles. The third-order valence-electron chi connectivity index (χ3n) is 4.06. The van der Waals surface area contributed by atoms with Gasteiger partial charge in [0.15, 0.2) is 11.5 Å². The van der Waals surface area contributed by atoms with E-state index in [0.717, 1.165) is 5.56 Å². The van der Waals surface area contributed by atoms with E-state index in [1.165, 1.54) is 12.1 Å². The Labute approximate surface area is 154 Å². The number of halogens is 1. The van der Waals surface area contributed by atoms with Crippen molar-refractivity contribution in [3.63, 3.8) is 0 Å². The SMILES string of the molecule is O=C(CCc1nc(-c2ccc(F)cc2)no1)NCc1ccc2c(c1)OCO2. The van der Waals surface area contributed by atoms with Gasteiger partial charge < -0.3 is 19.3 Å². The van der Waals surface area contributed by atoms with Crippen LogP contribution in [0.25, 0.3) is 11.4 Å². The van der Waals surface area contributed by atoms with Crippen LogP contribution in [0.3, 0.4) is 0 Å². The van der Waals surface area contributed by atoms with E-state index in [0.29, 0.717) is 41.7 Å². The molecule has 27 heavy (non-hydrogen) atoms. The number of carbonyl (C=O) groups is 1. The summed E-state index contributed by atoms with van der Waals surface area (Å²) in [6.07, 6.45) is 0.538. The zero-order valence-corrected chi connectivity index (χ0v) is 14.3. The fraction of sp³-hybridized carbons (Fsp3) is 0.211. The third-order valence-corrected chi connectivity index (χ3v) is 4.06. The van der Waals surface area contributed by atoms with E-state index in [9.17, 15) is 9.18 Å². The molecule has 1 aromatic heterocycles. The molecule has 0 saturated carbocycles. The summed E-state index contributed by atoms with van der Waals surface area (Å²) in [6.45, 7) is 0.607. The molecule has 0 fully saturated rings. The molecule has 3 aromatic rings. The van der Waals surface area contributed by atoms with Crippen molar-refractivity contribution in [1.82, 2.24) is 15.5 Å². The van der Waals surface area contributed by atoms with Gasteiger partial charge >= 0.3 is 0 Å². The molecule has 1 amide bonds. The first-order valence-electron chi connectivity index (χ1n) is 8.41. The van der Waals surface area contributed by atoms with Gasteiger partial charge in [0, 0.05) is 24.9 Å². The molecule has 0 saturated heterocycles. The lowest BCUT2D eigenvalue weighted by Gasteiger charge is -2.05. The standard InChI is InChI=1S/C19H16FN3O4/c20-14-4-2-13(3-5-14)19-22-18(27-23-19)8-7-17(24)21-10-12-1-6-15-16(9-12)26-11-25-15/h1-6,9H,7-8,10-11H2,(H,21,24). The minimum atomic E-state index is -0.332. The van der Waals surface area contributed by atoms with Crippen molar-refractivity contribution in [2.75, 3.05) is 6.79 Å². The van der Waals surface area contributed by atoms with E-state index in [2.05, 4.69) is 15.5 Å². The summed E-state index contributed by atoms with van der Waals surface area (Å²) in [7, 11) is 0. The Morgan fingerprint density at radius 3 is 2.78 bits per heavy atom. The van der Waals surface area contributed by atoms with Gasteiger partial charge in [0.05, 0.1) is 0 Å². The Morgan fingerprint density at radius 1 is 1.11 bits per heavy atom. The number of aryl methyl sites for hydroxylation is 1. The van der Waals surface area contributed by atoms with Crippen LogP contribution in [0.2, 0.25) is 0 Å². The molecule has 138 valence electrons. The van der Waals surface area contributed by atoms with Gasteiger partial charge in [-0.3, -0.25) is 4.79 Å². The fourth-order valence-electron chi connectivity index (χ4n) is 2.63. The number of carbonyl (C=O) groups excluding carboxylic acids is 1. The Bertz CT molecular complexity index is 956. The molecular weight excluding hydrogens is 353 g/mol. The summed E-state index contributed by atoms with van der Waals surface area (Å²) in [5, 5.41) is 6.69. The van der Waals surface area contributed by atoms with Gasteiger partial charge in [-0.1, -0.05) is 11.2 Å². The largest absolute Gasteiger partial charge is 0.454 e. The Hall–Kier alpha value is -3.42. The molecule has 8 heteroatoms. The molecule has 7 nitrogen and oxygen atoms in total. The quantitative estimate of drug-likeness (QED) is 0.719. The molecule has 0 unspecified atom stereocenters. The zero-order valence-electron chi connectivity index (χ0n) is 14.3. The van der Waals surface area contributed by atoms with E-state index < -0.39 is 0 Å². The molecule has 1 aliphatic rings. The van der Waals surface area contributed by atoms with Crippen molar-refractivity contribution in [3.8, 4) is 22.9 Å². The normalized spacial score (nSPS) is 12.2. The van der Waals surface area contributed by atoms with Crippen LogP contribution in [-0.2, 0) is 17.8 Å². The van der Waals surface area contributed by atoms with Gasteiger partial charge in [-0.25, -0.2) is 4.39 Å². The lowest BCUT2D eigenvalue weighted by molar-refractivity contribution is -0.121. The van der Waals surface area contributed by atoms with Crippen LogP contribution in [0.1, 0.15) is 17.9 Å². The minimum Gasteiger partial charge on any atom is -0.454 e. The second-order valence-corrected chi connectivity index (χ2v) is 5.98. The fourth-order valence-corrected chi connectivity index (χ4v) is 2.63. The van der Waals surface area contributed by atoms with E-state index in [-0.39, 0.29) is 24.9 Å². The van der Waals surface area contributed by atoms with Gasteiger partial charge in [-0.05, 0) is 42.0 Å².